The van der Waals surface area contributed by atoms with Crippen LogP contribution in [0.2, 0.25) is 0 Å². The van der Waals surface area contributed by atoms with Crippen molar-refractivity contribution < 1.29 is 14.5 Å². The maximum atomic E-state index is 12.5. The molecule has 0 unspecified atom stereocenters. The van der Waals surface area contributed by atoms with E-state index in [0.29, 0.717) is 0 Å². The molecule has 3 aromatic carbocycles. The summed E-state index contributed by atoms with van der Waals surface area (Å²) in [6, 6.07) is 17.6. The van der Waals surface area contributed by atoms with Gasteiger partial charge >= 0.3 is 0 Å². The number of anilines is 1. The van der Waals surface area contributed by atoms with Crippen LogP contribution in [0.5, 0.6) is 0 Å². The molecule has 4 rings (SSSR count). The highest BCUT2D eigenvalue weighted by atomic mass is 16.6. The van der Waals surface area contributed by atoms with Crippen molar-refractivity contribution in [2.24, 2.45) is 0 Å². The molecule has 0 fully saturated rings. The summed E-state index contributed by atoms with van der Waals surface area (Å²) in [4.78, 5) is 36.4. The average Bonchev–Trinajstić information content (AvgIpc) is 2.90. The molecule has 0 aromatic heterocycles. The molecule has 0 saturated heterocycles. The van der Waals surface area contributed by atoms with E-state index in [1.54, 1.807) is 0 Å². The highest BCUT2D eigenvalue weighted by Gasteiger charge is 2.40. The molecule has 0 atom stereocenters. The average molecular weight is 347 g/mol. The summed E-state index contributed by atoms with van der Waals surface area (Å²) in [6.07, 6.45) is 0. The molecule has 1 aliphatic rings. The number of amides is 2. The minimum atomic E-state index is -0.661. The van der Waals surface area contributed by atoms with E-state index in [1.165, 1.54) is 18.2 Å². The number of nitrogens with one attached hydrogen (secondary N) is 1. The van der Waals surface area contributed by atoms with E-state index in [2.05, 4.69) is 5.32 Å². The Kier molecular flexibility index (Phi) is 3.62. The summed E-state index contributed by atoms with van der Waals surface area (Å²) >= 11 is 0. The van der Waals surface area contributed by atoms with Gasteiger partial charge in [-0.15, -0.1) is 0 Å². The third-order valence-corrected chi connectivity index (χ3v) is 4.36. The first-order valence-electron chi connectivity index (χ1n) is 7.92. The Morgan fingerprint density at radius 3 is 2.46 bits per heavy atom. The number of hydrogen-bond donors (Lipinski definition) is 1. The van der Waals surface area contributed by atoms with Gasteiger partial charge in [0.05, 0.1) is 17.2 Å². The molecule has 7 heteroatoms. The second kappa shape index (κ2) is 5.96. The van der Waals surface area contributed by atoms with Gasteiger partial charge in [0.1, 0.15) is 5.56 Å². The highest BCUT2D eigenvalue weighted by molar-refractivity contribution is 6.23. The standard InChI is InChI=1S/C19H13N3O4/c23-18-15-6-3-7-16(22(25)26)17(15)19(24)21(18)11-20-14-9-8-12-4-1-2-5-13(12)10-14/h1-10,20H,11H2. The maximum absolute atomic E-state index is 12.5. The Hall–Kier alpha value is -3.74. The molecule has 2 amide bonds. The molecule has 26 heavy (non-hydrogen) atoms. The van der Waals surface area contributed by atoms with Crippen LogP contribution in [0, 0.1) is 10.1 Å². The molecule has 7 nitrogen and oxygen atoms in total. The van der Waals surface area contributed by atoms with E-state index in [0.717, 1.165) is 21.4 Å². The molecule has 1 aliphatic heterocycles. The van der Waals surface area contributed by atoms with Crippen molar-refractivity contribution in [2.45, 2.75) is 0 Å². The maximum Gasteiger partial charge on any atom is 0.282 e. The lowest BCUT2D eigenvalue weighted by Gasteiger charge is -2.16. The fourth-order valence-electron chi connectivity index (χ4n) is 3.08. The molecular formula is C19H13N3O4. The summed E-state index contributed by atoms with van der Waals surface area (Å²) in [5, 5.41) is 16.3. The summed E-state index contributed by atoms with van der Waals surface area (Å²) in [7, 11) is 0. The molecule has 0 saturated carbocycles. The predicted molar refractivity (Wildman–Crippen MR) is 96.0 cm³/mol. The van der Waals surface area contributed by atoms with Crippen LogP contribution in [0.3, 0.4) is 0 Å². The number of carbonyl (C=O) groups is 2. The van der Waals surface area contributed by atoms with Crippen molar-refractivity contribution in [3.05, 3.63) is 81.9 Å². The van der Waals surface area contributed by atoms with Crippen LogP contribution in [0.25, 0.3) is 10.8 Å². The second-order valence-corrected chi connectivity index (χ2v) is 5.89. The van der Waals surface area contributed by atoms with Gasteiger partial charge in [-0.1, -0.05) is 36.4 Å². The SMILES string of the molecule is O=C1c2cccc([N+](=O)[O-])c2C(=O)N1CNc1ccc2ccccc2c1. The Morgan fingerprint density at radius 2 is 1.69 bits per heavy atom. The van der Waals surface area contributed by atoms with E-state index in [-0.39, 0.29) is 23.5 Å². The minimum absolute atomic E-state index is 0.0597. The number of benzene rings is 3. The van der Waals surface area contributed by atoms with E-state index >= 15 is 0 Å². The monoisotopic (exact) mass is 347 g/mol. The number of imide groups is 1. The zero-order chi connectivity index (χ0) is 18.3. The Bertz CT molecular complexity index is 1080. The van der Waals surface area contributed by atoms with Gasteiger partial charge in [0.25, 0.3) is 17.5 Å². The molecule has 1 heterocycles. The first-order chi connectivity index (χ1) is 12.6. The molecule has 0 radical (unpaired) electrons. The number of rotatable bonds is 4. The van der Waals surface area contributed by atoms with Crippen molar-refractivity contribution in [1.29, 1.82) is 0 Å². The Morgan fingerprint density at radius 1 is 0.923 bits per heavy atom. The normalized spacial score (nSPS) is 13.2. The smallest absolute Gasteiger partial charge is 0.282 e. The zero-order valence-corrected chi connectivity index (χ0v) is 13.5. The molecular weight excluding hydrogens is 334 g/mol. The van der Waals surface area contributed by atoms with Gasteiger partial charge in [-0.25, -0.2) is 0 Å². The van der Waals surface area contributed by atoms with Crippen LogP contribution >= 0.6 is 0 Å². The summed E-state index contributed by atoms with van der Waals surface area (Å²) in [5.74, 6) is -1.20. The third-order valence-electron chi connectivity index (χ3n) is 4.36. The molecule has 0 spiro atoms. The number of nitro groups is 1. The third kappa shape index (κ3) is 2.46. The second-order valence-electron chi connectivity index (χ2n) is 5.89. The largest absolute Gasteiger partial charge is 0.367 e. The fraction of sp³-hybridized carbons (Fsp3) is 0.0526. The van der Waals surface area contributed by atoms with E-state index < -0.39 is 16.7 Å². The minimum Gasteiger partial charge on any atom is -0.367 e. The van der Waals surface area contributed by atoms with Crippen molar-refractivity contribution >= 4 is 34.0 Å². The lowest BCUT2D eigenvalue weighted by molar-refractivity contribution is -0.385. The number of carbonyl (C=O) groups excluding carboxylic acids is 2. The number of nitro benzene ring substituents is 1. The molecule has 0 bridgehead atoms. The van der Waals surface area contributed by atoms with E-state index in [4.69, 9.17) is 0 Å². The van der Waals surface area contributed by atoms with E-state index in [1.807, 2.05) is 42.5 Å². The van der Waals surface area contributed by atoms with Gasteiger partial charge in [-0.05, 0) is 29.0 Å². The summed E-state index contributed by atoms with van der Waals surface area (Å²) < 4.78 is 0. The molecule has 1 N–H and O–H groups in total. The zero-order valence-electron chi connectivity index (χ0n) is 13.5. The van der Waals surface area contributed by atoms with Crippen molar-refractivity contribution in [1.82, 2.24) is 4.90 Å². The lowest BCUT2D eigenvalue weighted by Crippen LogP contribution is -2.34. The molecule has 128 valence electrons. The van der Waals surface area contributed by atoms with Crippen LogP contribution in [-0.2, 0) is 0 Å². The van der Waals surface area contributed by atoms with Crippen molar-refractivity contribution in [3.8, 4) is 0 Å². The number of nitrogens with zero attached hydrogens (tertiary/aromatic N) is 2. The predicted octanol–water partition coefficient (Wildman–Crippen LogP) is 3.41. The van der Waals surface area contributed by atoms with Gasteiger partial charge in [-0.2, -0.15) is 0 Å². The van der Waals surface area contributed by atoms with Gasteiger partial charge in [-0.3, -0.25) is 24.6 Å². The van der Waals surface area contributed by atoms with Crippen LogP contribution in [0.1, 0.15) is 20.7 Å². The van der Waals surface area contributed by atoms with Crippen LogP contribution < -0.4 is 5.32 Å². The number of fused-ring (bicyclic) bond motifs is 2. The van der Waals surface area contributed by atoms with E-state index in [9.17, 15) is 19.7 Å². The Labute approximate surface area is 148 Å². The molecule has 3 aromatic rings. The van der Waals surface area contributed by atoms with Crippen LogP contribution in [0.15, 0.2) is 60.7 Å². The van der Waals surface area contributed by atoms with Crippen molar-refractivity contribution in [3.63, 3.8) is 0 Å². The topological polar surface area (TPSA) is 92.5 Å². The van der Waals surface area contributed by atoms with Gasteiger partial charge < -0.3 is 5.32 Å². The van der Waals surface area contributed by atoms with Gasteiger partial charge in [0, 0.05) is 11.8 Å². The summed E-state index contributed by atoms with van der Waals surface area (Å²) in [6.45, 7) is -0.0676. The number of hydrogen-bond acceptors (Lipinski definition) is 5. The quantitative estimate of drug-likeness (QED) is 0.443. The first kappa shape index (κ1) is 15.8. The lowest BCUT2D eigenvalue weighted by atomic mass is 10.1. The van der Waals surface area contributed by atoms with Crippen molar-refractivity contribution in [2.75, 3.05) is 12.0 Å². The Balaban J connectivity index is 1.59. The van der Waals surface area contributed by atoms with Crippen LogP contribution in [-0.4, -0.2) is 28.3 Å². The van der Waals surface area contributed by atoms with Gasteiger partial charge in [0.15, 0.2) is 0 Å². The molecule has 0 aliphatic carbocycles. The first-order valence-corrected chi connectivity index (χ1v) is 7.92. The fourth-order valence-corrected chi connectivity index (χ4v) is 3.08. The van der Waals surface area contributed by atoms with Gasteiger partial charge in [0.2, 0.25) is 0 Å². The highest BCUT2D eigenvalue weighted by Crippen LogP contribution is 2.30. The van der Waals surface area contributed by atoms with Crippen LogP contribution in [0.4, 0.5) is 11.4 Å². The summed E-state index contributed by atoms with van der Waals surface area (Å²) in [5.41, 5.74) is 0.302.